The number of nitrogens with zero attached hydrogens (tertiary/aromatic N) is 5. The van der Waals surface area contributed by atoms with E-state index in [9.17, 15) is 10.1 Å². The second-order valence-electron chi connectivity index (χ2n) is 7.32. The number of hydrogen-bond donors (Lipinski definition) is 1. The predicted molar refractivity (Wildman–Crippen MR) is 112 cm³/mol. The summed E-state index contributed by atoms with van der Waals surface area (Å²) in [5.41, 5.74) is 6.56. The molecule has 2 atom stereocenters. The van der Waals surface area contributed by atoms with E-state index in [2.05, 4.69) is 11.2 Å². The number of thiophene rings is 1. The smallest absolute Gasteiger partial charge is 0.259 e. The minimum atomic E-state index is -1.09. The van der Waals surface area contributed by atoms with Gasteiger partial charge in [0.25, 0.3) is 5.91 Å². The summed E-state index contributed by atoms with van der Waals surface area (Å²) in [4.78, 5) is 20.4. The number of hydrogen-bond acceptors (Lipinski definition) is 6. The molecule has 2 aromatic heterocycles. The molecule has 0 spiro atoms. The Balaban J connectivity index is 1.89. The lowest BCUT2D eigenvalue weighted by Crippen LogP contribution is -2.64. The molecule has 146 valence electrons. The number of amides is 1. The van der Waals surface area contributed by atoms with Crippen LogP contribution in [-0.2, 0) is 15.9 Å². The number of aliphatic imine (C=N–C) groups is 1. The molecule has 0 bridgehead atoms. The first-order valence-corrected chi connectivity index (χ1v) is 9.92. The number of aromatic nitrogens is 2. The summed E-state index contributed by atoms with van der Waals surface area (Å²) >= 11 is 1.51. The summed E-state index contributed by atoms with van der Waals surface area (Å²) in [6.07, 6.45) is 3.42. The Hall–Kier alpha value is -3.44. The summed E-state index contributed by atoms with van der Waals surface area (Å²) in [7, 11) is 1.62. The molecule has 8 heteroatoms. The molecule has 1 unspecified atom stereocenters. The van der Waals surface area contributed by atoms with Crippen molar-refractivity contribution < 1.29 is 4.79 Å². The summed E-state index contributed by atoms with van der Waals surface area (Å²) in [5.74, 6) is -0.0128. The van der Waals surface area contributed by atoms with E-state index in [0.29, 0.717) is 5.56 Å². The molecule has 0 saturated heterocycles. The standard InChI is InChI=1S/C21H20N6OS/c1-20(17-11-16(13-29-17)15-7-4-6-14(10-15)12-22)21(2,27-9-5-8-24-27)18(28)26(3)19(23)25-20/h4-11,13H,1-3H3,(H2,23,25)/t20-,21?/m1/s1. The Morgan fingerprint density at radius 1 is 1.21 bits per heavy atom. The minimum absolute atomic E-state index is 0.170. The second-order valence-corrected chi connectivity index (χ2v) is 8.23. The van der Waals surface area contributed by atoms with Crippen LogP contribution in [-0.4, -0.2) is 33.6 Å². The van der Waals surface area contributed by atoms with Gasteiger partial charge in [0.1, 0.15) is 5.54 Å². The molecular formula is C21H20N6OS. The Kier molecular flexibility index (Phi) is 4.28. The van der Waals surface area contributed by atoms with Gasteiger partial charge in [-0.1, -0.05) is 12.1 Å². The third kappa shape index (κ3) is 2.66. The third-order valence-electron chi connectivity index (χ3n) is 5.72. The highest BCUT2D eigenvalue weighted by Crippen LogP contribution is 2.48. The summed E-state index contributed by atoms with van der Waals surface area (Å²) in [6, 6.07) is 13.4. The third-order valence-corrected chi connectivity index (χ3v) is 6.86. The van der Waals surface area contributed by atoms with E-state index in [-0.39, 0.29) is 11.9 Å². The molecule has 0 saturated carbocycles. The van der Waals surface area contributed by atoms with Gasteiger partial charge in [-0.2, -0.15) is 10.4 Å². The summed E-state index contributed by atoms with van der Waals surface area (Å²) < 4.78 is 1.65. The number of benzene rings is 1. The SMILES string of the molecule is CN1C(=O)C(C)(n2cccn2)[C@@](C)(c2cc(-c3cccc(C#N)c3)cs2)N=C1N. The first kappa shape index (κ1) is 18.9. The number of carbonyl (C=O) groups excluding carboxylic acids is 1. The summed E-state index contributed by atoms with van der Waals surface area (Å²) in [5, 5.41) is 15.6. The monoisotopic (exact) mass is 404 g/mol. The van der Waals surface area contributed by atoms with Crippen molar-refractivity contribution in [2.75, 3.05) is 7.05 Å². The van der Waals surface area contributed by atoms with Gasteiger partial charge in [-0.25, -0.2) is 4.99 Å². The lowest BCUT2D eigenvalue weighted by atomic mass is 9.76. The van der Waals surface area contributed by atoms with Crippen molar-refractivity contribution in [3.05, 3.63) is 64.6 Å². The molecule has 0 radical (unpaired) electrons. The maximum absolute atomic E-state index is 13.4. The molecule has 0 fully saturated rings. The molecule has 7 nitrogen and oxygen atoms in total. The molecule has 1 amide bonds. The zero-order valence-electron chi connectivity index (χ0n) is 16.3. The zero-order valence-corrected chi connectivity index (χ0v) is 17.1. The van der Waals surface area contributed by atoms with Gasteiger partial charge in [-0.3, -0.25) is 14.4 Å². The molecule has 1 aliphatic rings. The van der Waals surface area contributed by atoms with Crippen LogP contribution in [0.25, 0.3) is 11.1 Å². The van der Waals surface area contributed by atoms with Gasteiger partial charge in [-0.15, -0.1) is 11.3 Å². The average Bonchev–Trinajstić information content (AvgIpc) is 3.43. The van der Waals surface area contributed by atoms with Crippen molar-refractivity contribution in [3.8, 4) is 17.2 Å². The predicted octanol–water partition coefficient (Wildman–Crippen LogP) is 2.90. The fourth-order valence-electron chi connectivity index (χ4n) is 3.71. The van der Waals surface area contributed by atoms with E-state index in [0.717, 1.165) is 16.0 Å². The van der Waals surface area contributed by atoms with Gasteiger partial charge in [0.15, 0.2) is 11.5 Å². The number of nitriles is 1. The van der Waals surface area contributed by atoms with Crippen molar-refractivity contribution in [2.24, 2.45) is 10.7 Å². The van der Waals surface area contributed by atoms with Gasteiger partial charge in [-0.05, 0) is 54.6 Å². The van der Waals surface area contributed by atoms with Gasteiger partial charge in [0.05, 0.1) is 11.6 Å². The van der Waals surface area contributed by atoms with Crippen molar-refractivity contribution in [3.63, 3.8) is 0 Å². The van der Waals surface area contributed by atoms with E-state index in [4.69, 9.17) is 10.7 Å². The Morgan fingerprint density at radius 3 is 2.69 bits per heavy atom. The van der Waals surface area contributed by atoms with Crippen LogP contribution in [0, 0.1) is 11.3 Å². The van der Waals surface area contributed by atoms with Crippen molar-refractivity contribution >= 4 is 23.2 Å². The van der Waals surface area contributed by atoms with Crippen LogP contribution in [0.5, 0.6) is 0 Å². The molecule has 2 N–H and O–H groups in total. The number of guanidine groups is 1. The zero-order chi connectivity index (χ0) is 20.8. The lowest BCUT2D eigenvalue weighted by molar-refractivity contribution is -0.141. The highest BCUT2D eigenvalue weighted by Gasteiger charge is 2.58. The van der Waals surface area contributed by atoms with E-state index in [1.807, 2.05) is 43.5 Å². The number of nitrogens with two attached hydrogens (primary N) is 1. The van der Waals surface area contributed by atoms with E-state index < -0.39 is 11.1 Å². The van der Waals surface area contributed by atoms with Crippen LogP contribution >= 0.6 is 11.3 Å². The van der Waals surface area contributed by atoms with E-state index in [1.54, 1.807) is 36.3 Å². The van der Waals surface area contributed by atoms with Gasteiger partial charge in [0.2, 0.25) is 0 Å². The van der Waals surface area contributed by atoms with Crippen LogP contribution < -0.4 is 5.73 Å². The fraction of sp³-hybridized carbons (Fsp3) is 0.238. The first-order valence-electron chi connectivity index (χ1n) is 9.04. The molecule has 1 aromatic carbocycles. The molecule has 29 heavy (non-hydrogen) atoms. The Labute approximate surface area is 172 Å². The maximum atomic E-state index is 13.4. The Morgan fingerprint density at radius 2 is 2.00 bits per heavy atom. The first-order chi connectivity index (χ1) is 13.8. The largest absolute Gasteiger partial charge is 0.369 e. The van der Waals surface area contributed by atoms with Crippen molar-refractivity contribution in [1.29, 1.82) is 5.26 Å². The van der Waals surface area contributed by atoms with E-state index in [1.165, 1.54) is 16.2 Å². The molecule has 3 aromatic rings. The molecular weight excluding hydrogens is 384 g/mol. The van der Waals surface area contributed by atoms with Crippen LogP contribution in [0.3, 0.4) is 0 Å². The van der Waals surface area contributed by atoms with Gasteiger partial charge >= 0.3 is 0 Å². The maximum Gasteiger partial charge on any atom is 0.259 e. The fourth-order valence-corrected chi connectivity index (χ4v) is 4.84. The van der Waals surface area contributed by atoms with Gasteiger partial charge < -0.3 is 5.73 Å². The topological polar surface area (TPSA) is 100 Å². The van der Waals surface area contributed by atoms with Crippen molar-refractivity contribution in [1.82, 2.24) is 14.7 Å². The average molecular weight is 404 g/mol. The van der Waals surface area contributed by atoms with Crippen LogP contribution in [0.2, 0.25) is 0 Å². The van der Waals surface area contributed by atoms with E-state index >= 15 is 0 Å². The normalized spacial score (nSPS) is 24.3. The second kappa shape index (κ2) is 6.57. The molecule has 0 aliphatic carbocycles. The Bertz CT molecular complexity index is 1160. The highest BCUT2D eigenvalue weighted by molar-refractivity contribution is 7.10. The van der Waals surface area contributed by atoms with Gasteiger partial charge in [0, 0.05) is 24.3 Å². The number of likely N-dealkylation sites (N-methyl/N-ethyl adjacent to an activating group) is 1. The minimum Gasteiger partial charge on any atom is -0.369 e. The summed E-state index contributed by atoms with van der Waals surface area (Å²) in [6.45, 7) is 3.75. The number of rotatable bonds is 3. The number of carbonyl (C=O) groups is 1. The quantitative estimate of drug-likeness (QED) is 0.725. The van der Waals surface area contributed by atoms with Crippen LogP contribution in [0.15, 0.2) is 59.2 Å². The van der Waals surface area contributed by atoms with Crippen LogP contribution in [0.4, 0.5) is 0 Å². The van der Waals surface area contributed by atoms with Crippen molar-refractivity contribution in [2.45, 2.75) is 24.9 Å². The molecule has 4 rings (SSSR count). The van der Waals surface area contributed by atoms with Crippen LogP contribution in [0.1, 0.15) is 24.3 Å². The highest BCUT2D eigenvalue weighted by atomic mass is 32.1. The lowest BCUT2D eigenvalue weighted by Gasteiger charge is -2.47. The molecule has 1 aliphatic heterocycles. The molecule has 3 heterocycles.